The van der Waals surface area contributed by atoms with Crippen LogP contribution in [0.2, 0.25) is 0 Å². The largest absolute Gasteiger partial charge is 0.493 e. The molecule has 1 amide bonds. The summed E-state index contributed by atoms with van der Waals surface area (Å²) in [7, 11) is 3.17. The third kappa shape index (κ3) is 3.06. The molecular weight excluding hydrogens is 360 g/mol. The molecule has 0 bridgehead atoms. The number of aromatic nitrogens is 1. The zero-order valence-corrected chi connectivity index (χ0v) is 15.8. The molecule has 0 unspecified atom stereocenters. The topological polar surface area (TPSA) is 94.1 Å². The second-order valence-electron chi connectivity index (χ2n) is 6.52. The first-order valence-corrected chi connectivity index (χ1v) is 9.01. The highest BCUT2D eigenvalue weighted by molar-refractivity contribution is 5.97. The van der Waals surface area contributed by atoms with Gasteiger partial charge in [0.2, 0.25) is 0 Å². The van der Waals surface area contributed by atoms with Crippen LogP contribution in [-0.4, -0.2) is 56.2 Å². The number of anilines is 2. The highest BCUT2D eigenvalue weighted by Crippen LogP contribution is 2.38. The quantitative estimate of drug-likeness (QED) is 0.740. The SMILES string of the molecule is COc1ccc2c(N)cc(N3CCN(C(=O)c4ccco4)CC3)nc2c1OC. The van der Waals surface area contributed by atoms with Gasteiger partial charge in [0, 0.05) is 43.3 Å². The Labute approximate surface area is 162 Å². The average Bonchev–Trinajstić information content (AvgIpc) is 3.27. The van der Waals surface area contributed by atoms with Crippen molar-refractivity contribution in [2.75, 3.05) is 51.0 Å². The number of pyridine rings is 1. The van der Waals surface area contributed by atoms with Crippen LogP contribution in [0, 0.1) is 0 Å². The molecular formula is C20H22N4O4. The number of carbonyl (C=O) groups excluding carboxylic acids is 1. The second kappa shape index (κ2) is 7.30. The van der Waals surface area contributed by atoms with Crippen molar-refractivity contribution in [1.29, 1.82) is 0 Å². The Kier molecular flexibility index (Phi) is 4.68. The number of nitrogen functional groups attached to an aromatic ring is 1. The first-order chi connectivity index (χ1) is 13.6. The van der Waals surface area contributed by atoms with Crippen LogP contribution in [0.4, 0.5) is 11.5 Å². The van der Waals surface area contributed by atoms with Gasteiger partial charge in [-0.25, -0.2) is 4.98 Å². The van der Waals surface area contributed by atoms with Gasteiger partial charge in [-0.1, -0.05) is 0 Å². The number of amides is 1. The van der Waals surface area contributed by atoms with Gasteiger partial charge < -0.3 is 29.4 Å². The Morgan fingerprint density at radius 3 is 2.57 bits per heavy atom. The summed E-state index contributed by atoms with van der Waals surface area (Å²) in [5.74, 6) is 2.18. The van der Waals surface area contributed by atoms with Crippen LogP contribution in [0.1, 0.15) is 10.6 Å². The first-order valence-electron chi connectivity index (χ1n) is 9.01. The Morgan fingerprint density at radius 2 is 1.93 bits per heavy atom. The molecule has 1 aliphatic heterocycles. The summed E-state index contributed by atoms with van der Waals surface area (Å²) in [4.78, 5) is 21.1. The maximum atomic E-state index is 12.4. The van der Waals surface area contributed by atoms with Crippen molar-refractivity contribution >= 4 is 28.3 Å². The predicted molar refractivity (Wildman–Crippen MR) is 106 cm³/mol. The number of benzene rings is 1. The number of methoxy groups -OCH3 is 2. The first kappa shape index (κ1) is 18.0. The molecule has 0 spiro atoms. The lowest BCUT2D eigenvalue weighted by molar-refractivity contribution is 0.0714. The zero-order valence-electron chi connectivity index (χ0n) is 15.8. The molecule has 0 saturated carbocycles. The minimum atomic E-state index is -0.0953. The lowest BCUT2D eigenvalue weighted by atomic mass is 10.1. The van der Waals surface area contributed by atoms with Gasteiger partial charge in [0.1, 0.15) is 11.3 Å². The Morgan fingerprint density at radius 1 is 1.14 bits per heavy atom. The third-order valence-corrected chi connectivity index (χ3v) is 4.96. The fraction of sp³-hybridized carbons (Fsp3) is 0.300. The molecule has 3 aromatic rings. The van der Waals surface area contributed by atoms with E-state index in [4.69, 9.17) is 24.6 Å². The van der Waals surface area contributed by atoms with Gasteiger partial charge in [-0.3, -0.25) is 4.79 Å². The molecule has 1 fully saturated rings. The number of piperazine rings is 1. The van der Waals surface area contributed by atoms with Crippen molar-refractivity contribution < 1.29 is 18.7 Å². The highest BCUT2D eigenvalue weighted by Gasteiger charge is 2.25. The van der Waals surface area contributed by atoms with Gasteiger partial charge in [-0.15, -0.1) is 0 Å². The Balaban J connectivity index is 1.59. The molecule has 2 N–H and O–H groups in total. The number of carbonyl (C=O) groups is 1. The molecule has 8 heteroatoms. The van der Waals surface area contributed by atoms with Gasteiger partial charge in [-0.2, -0.15) is 0 Å². The van der Waals surface area contributed by atoms with E-state index in [0.29, 0.717) is 54.6 Å². The van der Waals surface area contributed by atoms with Crippen LogP contribution in [0.15, 0.2) is 41.0 Å². The molecule has 2 aromatic heterocycles. The van der Waals surface area contributed by atoms with E-state index in [9.17, 15) is 4.79 Å². The summed E-state index contributed by atoms with van der Waals surface area (Å²) in [5.41, 5.74) is 7.56. The Bertz CT molecular complexity index is 995. The number of hydrogen-bond donors (Lipinski definition) is 1. The normalized spacial score (nSPS) is 14.4. The second-order valence-corrected chi connectivity index (χ2v) is 6.52. The lowest BCUT2D eigenvalue weighted by Crippen LogP contribution is -2.49. The summed E-state index contributed by atoms with van der Waals surface area (Å²) < 4.78 is 16.1. The number of nitrogens with zero attached hydrogens (tertiary/aromatic N) is 3. The predicted octanol–water partition coefficient (Wildman–Crippen LogP) is 2.39. The van der Waals surface area contributed by atoms with Gasteiger partial charge in [0.25, 0.3) is 5.91 Å². The maximum absolute atomic E-state index is 12.4. The van der Waals surface area contributed by atoms with Gasteiger partial charge in [-0.05, 0) is 24.3 Å². The number of fused-ring (bicyclic) bond motifs is 1. The fourth-order valence-corrected chi connectivity index (χ4v) is 3.47. The number of rotatable bonds is 4. The minimum Gasteiger partial charge on any atom is -0.493 e. The number of nitrogens with two attached hydrogens (primary N) is 1. The van der Waals surface area contributed by atoms with E-state index in [0.717, 1.165) is 11.2 Å². The van der Waals surface area contributed by atoms with E-state index in [1.165, 1.54) is 6.26 Å². The molecule has 146 valence electrons. The zero-order chi connectivity index (χ0) is 19.7. The van der Waals surface area contributed by atoms with E-state index in [1.807, 2.05) is 18.2 Å². The van der Waals surface area contributed by atoms with E-state index in [1.54, 1.807) is 31.3 Å². The van der Waals surface area contributed by atoms with Crippen LogP contribution in [0.25, 0.3) is 10.9 Å². The van der Waals surface area contributed by atoms with Crippen LogP contribution in [0.5, 0.6) is 11.5 Å². The monoisotopic (exact) mass is 382 g/mol. The number of ether oxygens (including phenoxy) is 2. The average molecular weight is 382 g/mol. The molecule has 4 rings (SSSR count). The van der Waals surface area contributed by atoms with Crippen LogP contribution in [-0.2, 0) is 0 Å². The third-order valence-electron chi connectivity index (χ3n) is 4.96. The van der Waals surface area contributed by atoms with E-state index < -0.39 is 0 Å². The summed E-state index contributed by atoms with van der Waals surface area (Å²) >= 11 is 0. The van der Waals surface area contributed by atoms with E-state index >= 15 is 0 Å². The molecule has 3 heterocycles. The Hall–Kier alpha value is -3.42. The fourth-order valence-electron chi connectivity index (χ4n) is 3.47. The highest BCUT2D eigenvalue weighted by atomic mass is 16.5. The maximum Gasteiger partial charge on any atom is 0.289 e. The van der Waals surface area contributed by atoms with Crippen LogP contribution in [0.3, 0.4) is 0 Å². The standard InChI is InChI=1S/C20H22N4O4/c1-26-15-6-5-13-14(21)12-17(22-18(13)19(15)27-2)23-7-9-24(10-8-23)20(25)16-4-3-11-28-16/h3-6,11-12H,7-10H2,1-2H3,(H2,21,22). The van der Waals surface area contributed by atoms with Crippen molar-refractivity contribution in [3.8, 4) is 11.5 Å². The summed E-state index contributed by atoms with van der Waals surface area (Å²) in [5, 5.41) is 0.813. The molecule has 0 atom stereocenters. The van der Waals surface area contributed by atoms with E-state index in [-0.39, 0.29) is 5.91 Å². The lowest BCUT2D eigenvalue weighted by Gasteiger charge is -2.35. The van der Waals surface area contributed by atoms with Crippen molar-refractivity contribution in [3.05, 3.63) is 42.4 Å². The minimum absolute atomic E-state index is 0.0953. The molecule has 1 saturated heterocycles. The molecule has 8 nitrogen and oxygen atoms in total. The summed E-state index contributed by atoms with van der Waals surface area (Å²) in [6.45, 7) is 2.45. The molecule has 1 aliphatic rings. The van der Waals surface area contributed by atoms with Crippen molar-refractivity contribution in [2.24, 2.45) is 0 Å². The molecule has 28 heavy (non-hydrogen) atoms. The van der Waals surface area contributed by atoms with Crippen LogP contribution < -0.4 is 20.1 Å². The molecule has 1 aromatic carbocycles. The summed E-state index contributed by atoms with van der Waals surface area (Å²) in [6.07, 6.45) is 1.51. The van der Waals surface area contributed by atoms with Gasteiger partial charge in [0.05, 0.1) is 20.5 Å². The van der Waals surface area contributed by atoms with E-state index in [2.05, 4.69) is 4.90 Å². The number of hydrogen-bond acceptors (Lipinski definition) is 7. The van der Waals surface area contributed by atoms with Crippen molar-refractivity contribution in [1.82, 2.24) is 9.88 Å². The van der Waals surface area contributed by atoms with Gasteiger partial charge >= 0.3 is 0 Å². The van der Waals surface area contributed by atoms with Crippen LogP contribution >= 0.6 is 0 Å². The van der Waals surface area contributed by atoms with Crippen molar-refractivity contribution in [2.45, 2.75) is 0 Å². The molecule has 0 aliphatic carbocycles. The van der Waals surface area contributed by atoms with Gasteiger partial charge in [0.15, 0.2) is 17.3 Å². The molecule has 0 radical (unpaired) electrons. The van der Waals surface area contributed by atoms with Crippen molar-refractivity contribution in [3.63, 3.8) is 0 Å². The number of furan rings is 1. The smallest absolute Gasteiger partial charge is 0.289 e. The summed E-state index contributed by atoms with van der Waals surface area (Å²) in [6, 6.07) is 8.95.